The molecule has 0 spiro atoms. The van der Waals surface area contributed by atoms with Gasteiger partial charge in [0.1, 0.15) is 5.75 Å². The minimum Gasteiger partial charge on any atom is -0.493 e. The minimum atomic E-state index is 0.580. The fourth-order valence-corrected chi connectivity index (χ4v) is 1.25. The maximum Gasteiger partial charge on any atom is 0.121 e. The van der Waals surface area contributed by atoms with E-state index in [1.807, 2.05) is 6.07 Å². The van der Waals surface area contributed by atoms with E-state index in [-0.39, 0.29) is 0 Å². The number of alkyl halides is 1. The second-order valence-corrected chi connectivity index (χ2v) is 3.62. The van der Waals surface area contributed by atoms with Crippen molar-refractivity contribution in [3.05, 3.63) is 23.8 Å². The number of rotatable bonds is 5. The third-order valence-corrected chi connectivity index (χ3v) is 2.32. The number of ether oxygens (including phenoxy) is 1. The molecule has 0 aromatic heterocycles. The van der Waals surface area contributed by atoms with Gasteiger partial charge < -0.3 is 15.9 Å². The fraction of sp³-hybridized carbons (Fsp3) is 0.300. The molecule has 1 rings (SSSR count). The summed E-state index contributed by atoms with van der Waals surface area (Å²) in [6.45, 7) is 0.675. The Bertz CT molecular complexity index is 315. The fourth-order valence-electron chi connectivity index (χ4n) is 1.02. The summed E-state index contributed by atoms with van der Waals surface area (Å²) in [7, 11) is 0. The first kappa shape index (κ1) is 11.0. The maximum atomic E-state index is 7.07. The predicted octanol–water partition coefficient (Wildman–Crippen LogP) is 2.43. The summed E-state index contributed by atoms with van der Waals surface area (Å²) in [5, 5.41) is 8.00. The Kier molecular flexibility index (Phi) is 4.46. The van der Waals surface area contributed by atoms with E-state index in [4.69, 9.17) is 15.9 Å². The second kappa shape index (κ2) is 5.65. The summed E-state index contributed by atoms with van der Waals surface area (Å²) >= 11 is 3.33. The molecule has 4 heteroatoms. The standard InChI is InChI=1S/C10H13BrN2O/c11-4-1-5-14-9-3-2-8(7-12)10(13)6-9/h2-3,6-7,12H,1,4-5,13H2. The Morgan fingerprint density at radius 2 is 2.29 bits per heavy atom. The van der Waals surface area contributed by atoms with Crippen LogP contribution in [-0.4, -0.2) is 18.2 Å². The lowest BCUT2D eigenvalue weighted by Crippen LogP contribution is -1.99. The SMILES string of the molecule is N=Cc1ccc(OCCCBr)cc1N. The van der Waals surface area contributed by atoms with Crippen LogP contribution in [0.15, 0.2) is 18.2 Å². The molecule has 0 aliphatic carbocycles. The van der Waals surface area contributed by atoms with Gasteiger partial charge in [0.25, 0.3) is 0 Å². The van der Waals surface area contributed by atoms with Crippen molar-refractivity contribution in [3.8, 4) is 5.75 Å². The van der Waals surface area contributed by atoms with Crippen LogP contribution in [0.1, 0.15) is 12.0 Å². The quantitative estimate of drug-likeness (QED) is 0.368. The molecule has 0 atom stereocenters. The van der Waals surface area contributed by atoms with Crippen molar-refractivity contribution in [2.45, 2.75) is 6.42 Å². The van der Waals surface area contributed by atoms with Gasteiger partial charge in [-0.2, -0.15) is 0 Å². The van der Waals surface area contributed by atoms with Gasteiger partial charge >= 0.3 is 0 Å². The van der Waals surface area contributed by atoms with Crippen molar-refractivity contribution in [1.29, 1.82) is 5.41 Å². The van der Waals surface area contributed by atoms with Crippen molar-refractivity contribution in [2.24, 2.45) is 0 Å². The molecule has 0 fully saturated rings. The number of hydrogen-bond acceptors (Lipinski definition) is 3. The van der Waals surface area contributed by atoms with Gasteiger partial charge in [0.05, 0.1) is 6.61 Å². The number of nitrogens with one attached hydrogen (secondary N) is 1. The molecular weight excluding hydrogens is 244 g/mol. The summed E-state index contributed by atoms with van der Waals surface area (Å²) in [5.41, 5.74) is 7.00. The average molecular weight is 257 g/mol. The van der Waals surface area contributed by atoms with E-state index in [0.717, 1.165) is 23.1 Å². The number of nitrogens with two attached hydrogens (primary N) is 1. The van der Waals surface area contributed by atoms with Crippen LogP contribution in [0, 0.1) is 5.41 Å². The second-order valence-electron chi connectivity index (χ2n) is 2.83. The molecule has 14 heavy (non-hydrogen) atoms. The zero-order valence-electron chi connectivity index (χ0n) is 7.79. The summed E-state index contributed by atoms with van der Waals surface area (Å²) < 4.78 is 5.44. The number of halogens is 1. The first-order chi connectivity index (χ1) is 6.77. The van der Waals surface area contributed by atoms with E-state index in [1.54, 1.807) is 12.1 Å². The molecule has 1 aromatic carbocycles. The molecule has 1 aromatic rings. The molecule has 3 N–H and O–H groups in total. The van der Waals surface area contributed by atoms with Crippen molar-refractivity contribution in [2.75, 3.05) is 17.7 Å². The van der Waals surface area contributed by atoms with Crippen LogP contribution in [0.25, 0.3) is 0 Å². The lowest BCUT2D eigenvalue weighted by atomic mass is 10.2. The highest BCUT2D eigenvalue weighted by Crippen LogP contribution is 2.18. The molecule has 0 saturated heterocycles. The molecule has 0 aliphatic rings. The van der Waals surface area contributed by atoms with E-state index >= 15 is 0 Å². The van der Waals surface area contributed by atoms with Gasteiger partial charge in [-0.25, -0.2) is 0 Å². The van der Waals surface area contributed by atoms with E-state index < -0.39 is 0 Å². The lowest BCUT2D eigenvalue weighted by Gasteiger charge is -2.06. The molecule has 0 bridgehead atoms. The first-order valence-corrected chi connectivity index (χ1v) is 5.49. The predicted molar refractivity (Wildman–Crippen MR) is 62.6 cm³/mol. The maximum absolute atomic E-state index is 7.07. The minimum absolute atomic E-state index is 0.580. The van der Waals surface area contributed by atoms with Crippen molar-refractivity contribution in [1.82, 2.24) is 0 Å². The molecule has 3 nitrogen and oxygen atoms in total. The molecule has 0 radical (unpaired) electrons. The third-order valence-electron chi connectivity index (χ3n) is 1.76. The number of benzene rings is 1. The van der Waals surface area contributed by atoms with Crippen molar-refractivity contribution in [3.63, 3.8) is 0 Å². The Morgan fingerprint density at radius 3 is 2.86 bits per heavy atom. The summed E-state index contributed by atoms with van der Waals surface area (Å²) in [5.74, 6) is 0.758. The van der Waals surface area contributed by atoms with Crippen LogP contribution < -0.4 is 10.5 Å². The van der Waals surface area contributed by atoms with Gasteiger partial charge in [0.2, 0.25) is 0 Å². The van der Waals surface area contributed by atoms with Crippen LogP contribution >= 0.6 is 15.9 Å². The first-order valence-electron chi connectivity index (χ1n) is 4.36. The Balaban J connectivity index is 2.62. The molecular formula is C10H13BrN2O. The van der Waals surface area contributed by atoms with Gasteiger partial charge in [-0.05, 0) is 18.6 Å². The molecule has 0 saturated carbocycles. The van der Waals surface area contributed by atoms with E-state index in [9.17, 15) is 0 Å². The smallest absolute Gasteiger partial charge is 0.121 e. The van der Waals surface area contributed by atoms with Crippen LogP contribution in [0.3, 0.4) is 0 Å². The lowest BCUT2D eigenvalue weighted by molar-refractivity contribution is 0.319. The van der Waals surface area contributed by atoms with E-state index in [0.29, 0.717) is 12.3 Å². The number of nitrogen functional groups attached to an aromatic ring is 1. The average Bonchev–Trinajstić information content (AvgIpc) is 2.18. The van der Waals surface area contributed by atoms with Gasteiger partial charge in [0.15, 0.2) is 0 Å². The summed E-state index contributed by atoms with van der Waals surface area (Å²) in [6.07, 6.45) is 2.20. The van der Waals surface area contributed by atoms with E-state index in [1.165, 1.54) is 6.21 Å². The van der Waals surface area contributed by atoms with Crippen LogP contribution in [0.4, 0.5) is 5.69 Å². The largest absolute Gasteiger partial charge is 0.493 e. The highest BCUT2D eigenvalue weighted by Gasteiger charge is 1.98. The Morgan fingerprint density at radius 1 is 1.50 bits per heavy atom. The van der Waals surface area contributed by atoms with Crippen molar-refractivity contribution < 1.29 is 4.74 Å². The summed E-state index contributed by atoms with van der Waals surface area (Å²) in [6, 6.07) is 5.35. The molecule has 0 heterocycles. The van der Waals surface area contributed by atoms with Gasteiger partial charge in [-0.1, -0.05) is 15.9 Å². The van der Waals surface area contributed by atoms with Crippen LogP contribution in [-0.2, 0) is 0 Å². The Hall–Kier alpha value is -1.03. The number of anilines is 1. The molecule has 0 unspecified atom stereocenters. The Labute approximate surface area is 91.9 Å². The molecule has 76 valence electrons. The number of hydrogen-bond donors (Lipinski definition) is 2. The van der Waals surface area contributed by atoms with Crippen molar-refractivity contribution >= 4 is 27.8 Å². The summed E-state index contributed by atoms with van der Waals surface area (Å²) in [4.78, 5) is 0. The monoisotopic (exact) mass is 256 g/mol. The topological polar surface area (TPSA) is 59.1 Å². The zero-order chi connectivity index (χ0) is 10.4. The molecule has 0 amide bonds. The normalized spacial score (nSPS) is 9.79. The van der Waals surface area contributed by atoms with Gasteiger partial charge in [-0.15, -0.1) is 0 Å². The zero-order valence-corrected chi connectivity index (χ0v) is 9.38. The van der Waals surface area contributed by atoms with Crippen LogP contribution in [0.5, 0.6) is 5.75 Å². The third kappa shape index (κ3) is 3.03. The highest BCUT2D eigenvalue weighted by molar-refractivity contribution is 9.09. The van der Waals surface area contributed by atoms with Crippen LogP contribution in [0.2, 0.25) is 0 Å². The van der Waals surface area contributed by atoms with Gasteiger partial charge in [0, 0.05) is 28.9 Å². The van der Waals surface area contributed by atoms with E-state index in [2.05, 4.69) is 15.9 Å². The highest BCUT2D eigenvalue weighted by atomic mass is 79.9. The molecule has 0 aliphatic heterocycles. The van der Waals surface area contributed by atoms with Gasteiger partial charge in [-0.3, -0.25) is 0 Å².